The molecule has 0 spiro atoms. The normalized spacial score (nSPS) is 10.7. The molecule has 0 saturated heterocycles. The van der Waals surface area contributed by atoms with Gasteiger partial charge in [0.2, 0.25) is 5.91 Å². The van der Waals surface area contributed by atoms with E-state index in [4.69, 9.17) is 11.6 Å². The Hall–Kier alpha value is -2.92. The number of rotatable bonds is 6. The molecule has 1 heterocycles. The second-order valence-corrected chi connectivity index (χ2v) is 7.08. The molecule has 0 aliphatic rings. The van der Waals surface area contributed by atoms with Crippen molar-refractivity contribution in [1.29, 1.82) is 0 Å². The predicted octanol–water partition coefficient (Wildman–Crippen LogP) is 4.87. The molecule has 0 unspecified atom stereocenters. The van der Waals surface area contributed by atoms with E-state index in [1.165, 1.54) is 0 Å². The lowest BCUT2D eigenvalue weighted by Crippen LogP contribution is -2.24. The van der Waals surface area contributed by atoms with Gasteiger partial charge in [-0.2, -0.15) is 0 Å². The van der Waals surface area contributed by atoms with E-state index in [1.807, 2.05) is 44.2 Å². The first-order valence-electron chi connectivity index (χ1n) is 9.20. The average Bonchev–Trinajstić information content (AvgIpc) is 2.66. The standard InChI is InChI=1S/C22H22ClN3O2/c1-3-5-21(27)26-18-7-4-6-15(10-18)13-24-22(28)19-12-16-11-17(23)8-9-20(16)25-14(19)2/h4,6-12H,3,5,13H2,1-2H3,(H,24,28)(H,26,27). The topological polar surface area (TPSA) is 71.1 Å². The molecule has 0 atom stereocenters. The minimum atomic E-state index is -0.202. The number of benzene rings is 2. The fourth-order valence-corrected chi connectivity index (χ4v) is 3.14. The van der Waals surface area contributed by atoms with Crippen LogP contribution in [0, 0.1) is 6.92 Å². The molecule has 144 valence electrons. The van der Waals surface area contributed by atoms with Gasteiger partial charge in [-0.1, -0.05) is 30.7 Å². The van der Waals surface area contributed by atoms with Crippen molar-refractivity contribution in [2.45, 2.75) is 33.2 Å². The van der Waals surface area contributed by atoms with Crippen molar-refractivity contribution in [3.63, 3.8) is 0 Å². The van der Waals surface area contributed by atoms with Crippen molar-refractivity contribution in [2.24, 2.45) is 0 Å². The van der Waals surface area contributed by atoms with Crippen molar-refractivity contribution < 1.29 is 9.59 Å². The molecule has 0 aliphatic heterocycles. The van der Waals surface area contributed by atoms with Crippen molar-refractivity contribution in [3.05, 3.63) is 70.4 Å². The number of carbonyl (C=O) groups is 2. The van der Waals surface area contributed by atoms with Crippen LogP contribution < -0.4 is 10.6 Å². The van der Waals surface area contributed by atoms with E-state index >= 15 is 0 Å². The Balaban J connectivity index is 1.71. The van der Waals surface area contributed by atoms with Crippen LogP contribution in [-0.4, -0.2) is 16.8 Å². The van der Waals surface area contributed by atoms with Crippen LogP contribution in [0.5, 0.6) is 0 Å². The van der Waals surface area contributed by atoms with Gasteiger partial charge in [0.1, 0.15) is 0 Å². The minimum Gasteiger partial charge on any atom is -0.348 e. The van der Waals surface area contributed by atoms with Gasteiger partial charge in [0.25, 0.3) is 5.91 Å². The number of pyridine rings is 1. The molecule has 0 saturated carbocycles. The van der Waals surface area contributed by atoms with Gasteiger partial charge in [-0.05, 0) is 55.3 Å². The molecule has 0 aliphatic carbocycles. The van der Waals surface area contributed by atoms with E-state index in [0.717, 1.165) is 28.6 Å². The largest absolute Gasteiger partial charge is 0.348 e. The molecular formula is C22H22ClN3O2. The summed E-state index contributed by atoms with van der Waals surface area (Å²) in [6.45, 7) is 4.12. The Labute approximate surface area is 169 Å². The maximum Gasteiger partial charge on any atom is 0.253 e. The minimum absolute atomic E-state index is 0.0137. The highest BCUT2D eigenvalue weighted by Crippen LogP contribution is 2.21. The lowest BCUT2D eigenvalue weighted by atomic mass is 10.1. The van der Waals surface area contributed by atoms with E-state index in [2.05, 4.69) is 15.6 Å². The first kappa shape index (κ1) is 19.8. The van der Waals surface area contributed by atoms with Crippen LogP contribution >= 0.6 is 11.6 Å². The second-order valence-electron chi connectivity index (χ2n) is 6.64. The zero-order valence-corrected chi connectivity index (χ0v) is 16.6. The summed E-state index contributed by atoms with van der Waals surface area (Å²) >= 11 is 6.04. The zero-order valence-electron chi connectivity index (χ0n) is 15.9. The molecule has 1 aromatic heterocycles. The number of nitrogens with one attached hydrogen (secondary N) is 2. The van der Waals surface area contributed by atoms with Crippen LogP contribution in [-0.2, 0) is 11.3 Å². The first-order chi connectivity index (χ1) is 13.5. The maximum atomic E-state index is 12.7. The molecule has 2 amide bonds. The highest BCUT2D eigenvalue weighted by atomic mass is 35.5. The molecular weight excluding hydrogens is 374 g/mol. The molecule has 2 aromatic carbocycles. The highest BCUT2D eigenvalue weighted by Gasteiger charge is 2.12. The van der Waals surface area contributed by atoms with Crippen LogP contribution in [0.4, 0.5) is 5.69 Å². The van der Waals surface area contributed by atoms with Crippen molar-refractivity contribution in [3.8, 4) is 0 Å². The average molecular weight is 396 g/mol. The van der Waals surface area contributed by atoms with E-state index in [1.54, 1.807) is 18.2 Å². The Bertz CT molecular complexity index is 1030. The molecule has 6 heteroatoms. The summed E-state index contributed by atoms with van der Waals surface area (Å²) in [7, 11) is 0. The predicted molar refractivity (Wildman–Crippen MR) is 113 cm³/mol. The summed E-state index contributed by atoms with van der Waals surface area (Å²) in [4.78, 5) is 28.9. The van der Waals surface area contributed by atoms with Gasteiger partial charge < -0.3 is 10.6 Å². The Morgan fingerprint density at radius 2 is 1.93 bits per heavy atom. The van der Waals surface area contributed by atoms with Gasteiger partial charge in [0, 0.05) is 29.1 Å². The zero-order chi connectivity index (χ0) is 20.1. The molecule has 3 rings (SSSR count). The summed E-state index contributed by atoms with van der Waals surface area (Å²) in [6.07, 6.45) is 1.28. The van der Waals surface area contributed by atoms with Gasteiger partial charge in [-0.3, -0.25) is 14.6 Å². The summed E-state index contributed by atoms with van der Waals surface area (Å²) < 4.78 is 0. The lowest BCUT2D eigenvalue weighted by molar-refractivity contribution is -0.116. The van der Waals surface area contributed by atoms with Crippen LogP contribution in [0.3, 0.4) is 0 Å². The van der Waals surface area contributed by atoms with Gasteiger partial charge in [0.05, 0.1) is 16.8 Å². The molecule has 2 N–H and O–H groups in total. The SMILES string of the molecule is CCCC(=O)Nc1cccc(CNC(=O)c2cc3cc(Cl)ccc3nc2C)c1. The number of hydrogen-bond acceptors (Lipinski definition) is 3. The third-order valence-corrected chi connectivity index (χ3v) is 4.59. The monoisotopic (exact) mass is 395 g/mol. The van der Waals surface area contributed by atoms with E-state index in [9.17, 15) is 9.59 Å². The third-order valence-electron chi connectivity index (χ3n) is 4.35. The van der Waals surface area contributed by atoms with Crippen LogP contribution in [0.15, 0.2) is 48.5 Å². The Kier molecular flexibility index (Phi) is 6.26. The van der Waals surface area contributed by atoms with Gasteiger partial charge in [-0.25, -0.2) is 0 Å². The van der Waals surface area contributed by atoms with E-state index in [-0.39, 0.29) is 11.8 Å². The van der Waals surface area contributed by atoms with Gasteiger partial charge in [0.15, 0.2) is 0 Å². The summed E-state index contributed by atoms with van der Waals surface area (Å²) in [5, 5.41) is 7.21. The smallest absolute Gasteiger partial charge is 0.253 e. The molecule has 5 nitrogen and oxygen atoms in total. The second kappa shape index (κ2) is 8.85. The highest BCUT2D eigenvalue weighted by molar-refractivity contribution is 6.31. The van der Waals surface area contributed by atoms with Crippen molar-refractivity contribution >= 4 is 40.0 Å². The van der Waals surface area contributed by atoms with Crippen LogP contribution in [0.1, 0.15) is 41.4 Å². The number of nitrogens with zero attached hydrogens (tertiary/aromatic N) is 1. The number of aryl methyl sites for hydroxylation is 1. The van der Waals surface area contributed by atoms with Crippen LogP contribution in [0.25, 0.3) is 10.9 Å². The summed E-state index contributed by atoms with van der Waals surface area (Å²) in [5.41, 5.74) is 3.60. The Morgan fingerprint density at radius 1 is 1.11 bits per heavy atom. The van der Waals surface area contributed by atoms with Crippen molar-refractivity contribution in [2.75, 3.05) is 5.32 Å². The van der Waals surface area contributed by atoms with Gasteiger partial charge in [-0.15, -0.1) is 0 Å². The lowest BCUT2D eigenvalue weighted by Gasteiger charge is -2.10. The quantitative estimate of drug-likeness (QED) is 0.625. The number of aromatic nitrogens is 1. The van der Waals surface area contributed by atoms with Crippen molar-refractivity contribution in [1.82, 2.24) is 10.3 Å². The van der Waals surface area contributed by atoms with Crippen LogP contribution in [0.2, 0.25) is 5.02 Å². The number of carbonyl (C=O) groups excluding carboxylic acids is 2. The summed E-state index contributed by atoms with van der Waals surface area (Å²) in [6, 6.07) is 14.7. The molecule has 3 aromatic rings. The third kappa shape index (κ3) is 4.87. The van der Waals surface area contributed by atoms with E-state index in [0.29, 0.717) is 29.2 Å². The van der Waals surface area contributed by atoms with Gasteiger partial charge >= 0.3 is 0 Å². The number of anilines is 1. The number of halogens is 1. The fraction of sp³-hybridized carbons (Fsp3) is 0.227. The first-order valence-corrected chi connectivity index (χ1v) is 9.58. The molecule has 0 fully saturated rings. The number of amides is 2. The van der Waals surface area contributed by atoms with E-state index < -0.39 is 0 Å². The molecule has 28 heavy (non-hydrogen) atoms. The number of fused-ring (bicyclic) bond motifs is 1. The molecule has 0 radical (unpaired) electrons. The maximum absolute atomic E-state index is 12.7. The fourth-order valence-electron chi connectivity index (χ4n) is 2.96. The summed E-state index contributed by atoms with van der Waals surface area (Å²) in [5.74, 6) is -0.215. The molecule has 0 bridgehead atoms. The number of hydrogen-bond donors (Lipinski definition) is 2. The Morgan fingerprint density at radius 3 is 2.71 bits per heavy atom.